The molecule has 0 bridgehead atoms. The Hall–Kier alpha value is -4.16. The van der Waals surface area contributed by atoms with Crippen molar-refractivity contribution < 1.29 is 23.1 Å². The van der Waals surface area contributed by atoms with Gasteiger partial charge in [0, 0.05) is 43.7 Å². The molecule has 11 nitrogen and oxygen atoms in total. The number of hydrogen-bond donors (Lipinski definition) is 3. The van der Waals surface area contributed by atoms with E-state index < -0.39 is 17.8 Å². The highest BCUT2D eigenvalue weighted by molar-refractivity contribution is 6.03. The van der Waals surface area contributed by atoms with Crippen molar-refractivity contribution in [2.75, 3.05) is 30.3 Å². The van der Waals surface area contributed by atoms with E-state index in [4.69, 9.17) is 9.15 Å². The topological polar surface area (TPSA) is 136 Å². The van der Waals surface area contributed by atoms with E-state index in [9.17, 15) is 14.0 Å². The van der Waals surface area contributed by atoms with Crippen molar-refractivity contribution in [3.05, 3.63) is 60.0 Å². The number of rotatable bonds is 5. The van der Waals surface area contributed by atoms with Gasteiger partial charge in [-0.2, -0.15) is 0 Å². The van der Waals surface area contributed by atoms with Crippen molar-refractivity contribution >= 4 is 29.0 Å². The van der Waals surface area contributed by atoms with Gasteiger partial charge in [-0.05, 0) is 25.1 Å². The number of nitrogens with one attached hydrogen (secondary N) is 3. The lowest BCUT2D eigenvalue weighted by molar-refractivity contribution is -0.128. The number of anilines is 2. The number of benzene rings is 1. The van der Waals surface area contributed by atoms with E-state index in [-0.39, 0.29) is 17.2 Å². The van der Waals surface area contributed by atoms with Crippen molar-refractivity contribution in [1.29, 1.82) is 0 Å². The number of aromatic nitrogens is 4. The van der Waals surface area contributed by atoms with Crippen LogP contribution in [0.15, 0.2) is 41.2 Å². The molecule has 1 aliphatic heterocycles. The van der Waals surface area contributed by atoms with Gasteiger partial charge in [-0.15, -0.1) is 0 Å². The lowest BCUT2D eigenvalue weighted by atomic mass is 10.1. The van der Waals surface area contributed by atoms with Crippen LogP contribution < -0.4 is 16.0 Å². The number of fused-ring (bicyclic) bond motifs is 1. The maximum atomic E-state index is 14.7. The van der Waals surface area contributed by atoms with Gasteiger partial charge in [-0.3, -0.25) is 14.0 Å². The monoisotopic (exact) mass is 479 g/mol. The molecule has 0 radical (unpaired) electrons. The van der Waals surface area contributed by atoms with Crippen LogP contribution in [0.3, 0.4) is 0 Å². The van der Waals surface area contributed by atoms with Crippen LogP contribution in [-0.2, 0) is 9.53 Å². The van der Waals surface area contributed by atoms with E-state index in [0.717, 1.165) is 0 Å². The molecule has 3 N–H and O–H groups in total. The molecule has 1 saturated heterocycles. The molecule has 2 amide bonds. The van der Waals surface area contributed by atoms with Gasteiger partial charge < -0.3 is 25.1 Å². The maximum absolute atomic E-state index is 14.7. The molecular formula is C23H22FN7O4. The van der Waals surface area contributed by atoms with Gasteiger partial charge >= 0.3 is 0 Å². The first-order valence-corrected chi connectivity index (χ1v) is 10.9. The first kappa shape index (κ1) is 22.6. The lowest BCUT2D eigenvalue weighted by Gasteiger charge is -2.22. The van der Waals surface area contributed by atoms with Crippen LogP contribution in [0.25, 0.3) is 17.0 Å². The van der Waals surface area contributed by atoms with Crippen molar-refractivity contribution in [2.24, 2.45) is 0 Å². The van der Waals surface area contributed by atoms with E-state index in [1.807, 2.05) is 0 Å². The predicted molar refractivity (Wildman–Crippen MR) is 124 cm³/mol. The SMILES string of the molecule is Cc1nc(C)c(C(=O)Nc2ccc(F)c(-c3cn4cc(NC(=O)C5CNCCO5)cnc4n3)c2)o1. The third-order valence-electron chi connectivity index (χ3n) is 5.41. The zero-order valence-corrected chi connectivity index (χ0v) is 19.0. The van der Waals surface area contributed by atoms with Crippen LogP contribution in [0, 0.1) is 19.7 Å². The molecule has 5 rings (SSSR count). The number of nitrogens with zero attached hydrogens (tertiary/aromatic N) is 4. The Morgan fingerprint density at radius 2 is 2.03 bits per heavy atom. The summed E-state index contributed by atoms with van der Waals surface area (Å²) in [5, 5.41) is 8.56. The molecule has 12 heteroatoms. The molecule has 1 aliphatic rings. The average molecular weight is 479 g/mol. The number of halogens is 1. The van der Waals surface area contributed by atoms with Crippen LogP contribution in [0.4, 0.5) is 15.8 Å². The minimum Gasteiger partial charge on any atom is -0.436 e. The molecule has 1 fully saturated rings. The Morgan fingerprint density at radius 1 is 1.17 bits per heavy atom. The molecule has 0 spiro atoms. The summed E-state index contributed by atoms with van der Waals surface area (Å²) in [6, 6.07) is 4.16. The smallest absolute Gasteiger partial charge is 0.293 e. The van der Waals surface area contributed by atoms with Crippen molar-refractivity contribution in [3.63, 3.8) is 0 Å². The van der Waals surface area contributed by atoms with Gasteiger partial charge in [-0.25, -0.2) is 19.3 Å². The highest BCUT2D eigenvalue weighted by Crippen LogP contribution is 2.26. The summed E-state index contributed by atoms with van der Waals surface area (Å²) < 4.78 is 27.1. The summed E-state index contributed by atoms with van der Waals surface area (Å²) >= 11 is 0. The number of hydrogen-bond acceptors (Lipinski definition) is 8. The summed E-state index contributed by atoms with van der Waals surface area (Å²) in [5.74, 6) is -0.513. The number of aryl methyl sites for hydroxylation is 2. The summed E-state index contributed by atoms with van der Waals surface area (Å²) in [7, 11) is 0. The molecule has 1 atom stereocenters. The second kappa shape index (κ2) is 9.24. The highest BCUT2D eigenvalue weighted by atomic mass is 19.1. The molecular weight excluding hydrogens is 457 g/mol. The molecule has 1 unspecified atom stereocenters. The Balaban J connectivity index is 1.37. The van der Waals surface area contributed by atoms with E-state index in [2.05, 4.69) is 30.9 Å². The number of ether oxygens (including phenoxy) is 1. The Bertz CT molecular complexity index is 1420. The summed E-state index contributed by atoms with van der Waals surface area (Å²) in [6.07, 6.45) is 4.10. The number of imidazole rings is 1. The fourth-order valence-corrected chi connectivity index (χ4v) is 3.76. The van der Waals surface area contributed by atoms with Crippen molar-refractivity contribution in [2.45, 2.75) is 20.0 Å². The van der Waals surface area contributed by atoms with Gasteiger partial charge in [-0.1, -0.05) is 0 Å². The van der Waals surface area contributed by atoms with E-state index in [1.165, 1.54) is 24.4 Å². The van der Waals surface area contributed by atoms with E-state index in [1.54, 1.807) is 30.6 Å². The number of amides is 2. The zero-order chi connectivity index (χ0) is 24.5. The number of carbonyl (C=O) groups excluding carboxylic acids is 2. The van der Waals surface area contributed by atoms with Crippen LogP contribution in [0.5, 0.6) is 0 Å². The van der Waals surface area contributed by atoms with E-state index >= 15 is 0 Å². The third kappa shape index (κ3) is 4.74. The van der Waals surface area contributed by atoms with Crippen LogP contribution >= 0.6 is 0 Å². The molecule has 0 saturated carbocycles. The van der Waals surface area contributed by atoms with Crippen molar-refractivity contribution in [3.8, 4) is 11.3 Å². The van der Waals surface area contributed by atoms with Gasteiger partial charge in [0.05, 0.1) is 29.9 Å². The molecule has 1 aromatic carbocycles. The summed E-state index contributed by atoms with van der Waals surface area (Å²) in [5.41, 5.74) is 1.74. The first-order chi connectivity index (χ1) is 16.9. The standard InChI is InChI=1S/C23H22FN7O4/c1-12-20(35-13(2)27-12)22(33)28-14-3-4-17(24)16(7-14)18-11-31-10-15(8-26-23(31)30-18)29-21(32)19-9-25-5-6-34-19/h3-4,7-8,10-11,19,25H,5-6,9H2,1-2H3,(H,28,33)(H,29,32). The third-order valence-corrected chi connectivity index (χ3v) is 5.41. The van der Waals surface area contributed by atoms with Gasteiger partial charge in [0.1, 0.15) is 11.9 Å². The molecule has 0 aliphatic carbocycles. The first-order valence-electron chi connectivity index (χ1n) is 10.9. The number of morpholine rings is 1. The molecule has 35 heavy (non-hydrogen) atoms. The fourth-order valence-electron chi connectivity index (χ4n) is 3.76. The Morgan fingerprint density at radius 3 is 2.77 bits per heavy atom. The normalized spacial score (nSPS) is 15.8. The fraction of sp³-hybridized carbons (Fsp3) is 0.261. The van der Waals surface area contributed by atoms with Gasteiger partial charge in [0.15, 0.2) is 5.89 Å². The van der Waals surface area contributed by atoms with Gasteiger partial charge in [0.2, 0.25) is 11.5 Å². The molecule has 3 aromatic heterocycles. The Kier molecular flexibility index (Phi) is 5.97. The van der Waals surface area contributed by atoms with E-state index in [0.29, 0.717) is 54.1 Å². The zero-order valence-electron chi connectivity index (χ0n) is 19.0. The minimum absolute atomic E-state index is 0.0919. The van der Waals surface area contributed by atoms with Crippen LogP contribution in [0.2, 0.25) is 0 Å². The Labute approximate surface area is 198 Å². The second-order valence-electron chi connectivity index (χ2n) is 8.03. The maximum Gasteiger partial charge on any atom is 0.293 e. The van der Waals surface area contributed by atoms with Crippen molar-refractivity contribution in [1.82, 2.24) is 24.7 Å². The second-order valence-corrected chi connectivity index (χ2v) is 8.03. The van der Waals surface area contributed by atoms with Crippen LogP contribution in [0.1, 0.15) is 22.1 Å². The average Bonchev–Trinajstić information content (AvgIpc) is 3.42. The number of carbonyl (C=O) groups is 2. The molecule has 4 heterocycles. The minimum atomic E-state index is -0.588. The van der Waals surface area contributed by atoms with Gasteiger partial charge in [0.25, 0.3) is 11.8 Å². The molecule has 4 aromatic rings. The highest BCUT2D eigenvalue weighted by Gasteiger charge is 2.22. The predicted octanol–water partition coefficient (Wildman–Crippen LogP) is 2.32. The van der Waals surface area contributed by atoms with Crippen LogP contribution in [-0.4, -0.2) is 57.0 Å². The largest absolute Gasteiger partial charge is 0.436 e. The summed E-state index contributed by atoms with van der Waals surface area (Å²) in [6.45, 7) is 4.91. The number of oxazole rings is 1. The lowest BCUT2D eigenvalue weighted by Crippen LogP contribution is -2.45. The quantitative estimate of drug-likeness (QED) is 0.397. The summed E-state index contributed by atoms with van der Waals surface area (Å²) in [4.78, 5) is 37.7. The molecule has 180 valence electrons.